The monoisotopic (exact) mass is 294 g/mol. The minimum absolute atomic E-state index is 0.0529. The second-order valence-electron chi connectivity index (χ2n) is 5.58. The zero-order chi connectivity index (χ0) is 14.9. The van der Waals surface area contributed by atoms with Gasteiger partial charge in [-0.2, -0.15) is 0 Å². The number of carbonyl (C=O) groups excluding carboxylic acids is 1. The summed E-state index contributed by atoms with van der Waals surface area (Å²) in [6.07, 6.45) is 3.22. The molecular weight excluding hydrogens is 271 g/mol. The van der Waals surface area contributed by atoms with Crippen molar-refractivity contribution in [2.75, 3.05) is 0 Å². The molecule has 0 aliphatic rings. The Labute approximate surface area is 134 Å². The van der Waals surface area contributed by atoms with Crippen LogP contribution in [-0.2, 0) is 11.2 Å². The van der Waals surface area contributed by atoms with E-state index in [9.17, 15) is 4.79 Å². The van der Waals surface area contributed by atoms with Crippen molar-refractivity contribution in [3.05, 3.63) is 71.8 Å². The van der Waals surface area contributed by atoms with Crippen LogP contribution in [0.5, 0.6) is 0 Å². The first-order valence-electron chi connectivity index (χ1n) is 7.93. The lowest BCUT2D eigenvalue weighted by atomic mass is 9.93. The van der Waals surface area contributed by atoms with Gasteiger partial charge in [0.1, 0.15) is 0 Å². The number of carbonyl (C=O) groups is 1. The maximum Gasteiger partial charge on any atom is 0.343 e. The zero-order valence-corrected chi connectivity index (χ0v) is 14.2. The van der Waals surface area contributed by atoms with Crippen molar-refractivity contribution < 1.29 is 4.79 Å². The van der Waals surface area contributed by atoms with E-state index < -0.39 is 15.2 Å². The molecule has 1 unspecified atom stereocenters. The summed E-state index contributed by atoms with van der Waals surface area (Å²) in [5, 5.41) is 1.15. The molecule has 2 aromatic carbocycles. The minimum atomic E-state index is -0.621. The van der Waals surface area contributed by atoms with Crippen LogP contribution in [-0.4, -0.2) is 19.9 Å². The molecule has 0 fully saturated rings. The highest BCUT2D eigenvalue weighted by molar-refractivity contribution is 6.74. The van der Waals surface area contributed by atoms with Crippen molar-refractivity contribution in [3.8, 4) is 0 Å². The fraction of sp³-hybridized carbons (Fsp3) is 0.316. The summed E-state index contributed by atoms with van der Waals surface area (Å²) in [5.41, 5.74) is 2.43. The fourth-order valence-electron chi connectivity index (χ4n) is 2.68. The Morgan fingerprint density at radius 3 is 2.24 bits per heavy atom. The molecule has 2 aromatic rings. The Bertz CT molecular complexity index is 536. The van der Waals surface area contributed by atoms with Gasteiger partial charge < -0.3 is 4.79 Å². The highest BCUT2D eigenvalue weighted by Gasteiger charge is 2.21. The molecule has 1 nitrogen and oxygen atoms in total. The van der Waals surface area contributed by atoms with Gasteiger partial charge in [0.05, 0.1) is 4.65 Å². The van der Waals surface area contributed by atoms with E-state index in [0.717, 1.165) is 11.7 Å². The molecule has 108 valence electrons. The van der Waals surface area contributed by atoms with Crippen molar-refractivity contribution in [3.63, 3.8) is 0 Å². The number of benzene rings is 2. The molecule has 21 heavy (non-hydrogen) atoms. The van der Waals surface area contributed by atoms with Gasteiger partial charge in [0.15, 0.2) is 0 Å². The van der Waals surface area contributed by atoms with E-state index in [2.05, 4.69) is 43.3 Å². The van der Waals surface area contributed by atoms with Gasteiger partial charge in [-0.25, -0.2) is 0 Å². The third-order valence-electron chi connectivity index (χ3n) is 3.90. The number of rotatable bonds is 8. The van der Waals surface area contributed by atoms with Gasteiger partial charge in [0, 0.05) is 5.92 Å². The van der Waals surface area contributed by atoms with Gasteiger partial charge in [0.25, 0.3) is 0 Å². The topological polar surface area (TPSA) is 17.1 Å². The Morgan fingerprint density at radius 2 is 1.62 bits per heavy atom. The highest BCUT2D eigenvalue weighted by atomic mass is 27.1. The lowest BCUT2D eigenvalue weighted by Gasteiger charge is -2.16. The quantitative estimate of drug-likeness (QED) is 0.527. The van der Waals surface area contributed by atoms with Gasteiger partial charge in [-0.15, -0.1) is 0 Å². The van der Waals surface area contributed by atoms with Crippen molar-refractivity contribution >= 4 is 19.9 Å². The Kier molecular flexibility index (Phi) is 6.73. The molecule has 0 radical (unpaired) electrons. The van der Waals surface area contributed by atoms with Crippen LogP contribution in [0.1, 0.15) is 36.8 Å². The van der Waals surface area contributed by atoms with Crippen LogP contribution in [0.15, 0.2) is 60.7 Å². The molecule has 0 aromatic heterocycles. The van der Waals surface area contributed by atoms with Gasteiger partial charge in [-0.05, 0) is 17.5 Å². The zero-order valence-electron chi connectivity index (χ0n) is 12.8. The SMILES string of the molecule is CCC[CH2][AlH][C](=O)C(Cc1ccccc1)c1ccccc1. The van der Waals surface area contributed by atoms with Gasteiger partial charge >= 0.3 is 15.2 Å². The smallest absolute Gasteiger partial charge is 0.321 e. The summed E-state index contributed by atoms with van der Waals surface area (Å²) in [6, 6.07) is 20.7. The maximum absolute atomic E-state index is 12.7. The Balaban J connectivity index is 2.12. The maximum atomic E-state index is 12.7. The van der Waals surface area contributed by atoms with Gasteiger partial charge in [0.2, 0.25) is 0 Å². The molecule has 2 heteroatoms. The standard InChI is InChI=1S/C15H13O.C4H9.Al.H/c16-12-15(14-9-5-2-6-10-14)11-13-7-3-1-4-8-13;1-3-4-2;;/h1-10,15H,11H2;1,3-4H2,2H3;;. The molecule has 0 spiro atoms. The van der Waals surface area contributed by atoms with Crippen molar-refractivity contribution in [1.29, 1.82) is 0 Å². The van der Waals surface area contributed by atoms with E-state index in [1.165, 1.54) is 24.0 Å². The normalized spacial score (nSPS) is 11.9. The lowest BCUT2D eigenvalue weighted by Crippen LogP contribution is -2.21. The molecule has 0 saturated heterocycles. The fourth-order valence-corrected chi connectivity index (χ4v) is 4.50. The summed E-state index contributed by atoms with van der Waals surface area (Å²) in [7, 11) is 0. The number of unbranched alkanes of at least 4 members (excludes halogenated alkanes) is 1. The molecule has 0 N–H and O–H groups in total. The van der Waals surface area contributed by atoms with E-state index in [1.54, 1.807) is 0 Å². The van der Waals surface area contributed by atoms with Crippen LogP contribution < -0.4 is 0 Å². The molecule has 0 amide bonds. The van der Waals surface area contributed by atoms with E-state index in [4.69, 9.17) is 0 Å². The predicted octanol–water partition coefficient (Wildman–Crippen LogP) is 4.19. The van der Waals surface area contributed by atoms with Crippen LogP contribution in [0.3, 0.4) is 0 Å². The summed E-state index contributed by atoms with van der Waals surface area (Å²) in [5.74, 6) is 0.0529. The average molecular weight is 294 g/mol. The molecular formula is C19H23AlO. The third kappa shape index (κ3) is 5.16. The lowest BCUT2D eigenvalue weighted by molar-refractivity contribution is -0.113. The molecule has 2 rings (SSSR count). The van der Waals surface area contributed by atoms with Crippen molar-refractivity contribution in [2.24, 2.45) is 0 Å². The second kappa shape index (κ2) is 8.82. The molecule has 1 atom stereocenters. The summed E-state index contributed by atoms with van der Waals surface area (Å²) < 4.78 is 0.513. The highest BCUT2D eigenvalue weighted by Crippen LogP contribution is 2.22. The number of hydrogen-bond acceptors (Lipinski definition) is 1. The van der Waals surface area contributed by atoms with E-state index in [-0.39, 0.29) is 5.92 Å². The second-order valence-corrected chi connectivity index (χ2v) is 7.48. The summed E-state index contributed by atoms with van der Waals surface area (Å²) in [6.45, 7) is 2.19. The van der Waals surface area contributed by atoms with Crippen LogP contribution in [0.2, 0.25) is 5.28 Å². The predicted molar refractivity (Wildman–Crippen MR) is 91.2 cm³/mol. The third-order valence-corrected chi connectivity index (χ3v) is 5.74. The molecule has 0 bridgehead atoms. The first kappa shape index (κ1) is 16.0. The van der Waals surface area contributed by atoms with Crippen molar-refractivity contribution in [1.82, 2.24) is 0 Å². The molecule has 0 aliphatic carbocycles. The summed E-state index contributed by atoms with van der Waals surface area (Å²) in [4.78, 5) is 12.7. The molecule has 0 heterocycles. The number of hydrogen-bond donors (Lipinski definition) is 0. The van der Waals surface area contributed by atoms with Crippen LogP contribution in [0.25, 0.3) is 0 Å². The molecule has 0 aliphatic heterocycles. The van der Waals surface area contributed by atoms with E-state index in [1.807, 2.05) is 24.3 Å². The first-order valence-corrected chi connectivity index (χ1v) is 9.63. The Morgan fingerprint density at radius 1 is 1.00 bits per heavy atom. The van der Waals surface area contributed by atoms with E-state index >= 15 is 0 Å². The van der Waals surface area contributed by atoms with Gasteiger partial charge in [-0.1, -0.05) is 85.7 Å². The first-order chi connectivity index (χ1) is 10.3. The van der Waals surface area contributed by atoms with Gasteiger partial charge in [-0.3, -0.25) is 0 Å². The minimum Gasteiger partial charge on any atom is -0.321 e. The average Bonchev–Trinajstić information content (AvgIpc) is 2.54. The largest absolute Gasteiger partial charge is 0.343 e. The summed E-state index contributed by atoms with van der Waals surface area (Å²) >= 11 is -0.621. The van der Waals surface area contributed by atoms with Crippen LogP contribution in [0, 0.1) is 0 Å². The Hall–Kier alpha value is -1.36. The van der Waals surface area contributed by atoms with Crippen LogP contribution >= 0.6 is 0 Å². The van der Waals surface area contributed by atoms with Crippen LogP contribution in [0.4, 0.5) is 0 Å². The molecule has 0 saturated carbocycles. The van der Waals surface area contributed by atoms with E-state index in [0.29, 0.717) is 4.65 Å². The van der Waals surface area contributed by atoms with Crippen molar-refractivity contribution in [2.45, 2.75) is 37.4 Å².